The van der Waals surface area contributed by atoms with Crippen molar-refractivity contribution in [1.29, 1.82) is 0 Å². The summed E-state index contributed by atoms with van der Waals surface area (Å²) in [6.45, 7) is 3.32. The first-order valence-electron chi connectivity index (χ1n) is 6.62. The van der Waals surface area contributed by atoms with Crippen LogP contribution in [0.15, 0.2) is 6.33 Å². The van der Waals surface area contributed by atoms with E-state index in [1.54, 1.807) is 13.4 Å². The summed E-state index contributed by atoms with van der Waals surface area (Å²) in [6, 6.07) is 0. The van der Waals surface area contributed by atoms with E-state index in [9.17, 15) is 0 Å². The van der Waals surface area contributed by atoms with Crippen molar-refractivity contribution in [3.8, 4) is 5.75 Å². The van der Waals surface area contributed by atoms with Crippen molar-refractivity contribution in [2.45, 2.75) is 6.42 Å². The molecule has 2 rings (SSSR count). The maximum absolute atomic E-state index is 5.43. The molecule has 0 bridgehead atoms. The molecule has 0 spiro atoms. The Morgan fingerprint density at radius 1 is 1.53 bits per heavy atom. The lowest BCUT2D eigenvalue weighted by atomic mass is 10.1. The molecule has 106 valence electrons. The molecule has 0 radical (unpaired) electrons. The average molecular weight is 265 g/mol. The van der Waals surface area contributed by atoms with E-state index >= 15 is 0 Å². The predicted molar refractivity (Wildman–Crippen MR) is 77.0 cm³/mol. The average Bonchev–Trinajstić information content (AvgIpc) is 2.82. The Hall–Kier alpha value is -1.56. The van der Waals surface area contributed by atoms with Gasteiger partial charge in [-0.25, -0.2) is 9.97 Å². The molecule has 1 N–H and O–H groups in total. The van der Waals surface area contributed by atoms with Crippen molar-refractivity contribution in [2.24, 2.45) is 5.92 Å². The quantitative estimate of drug-likeness (QED) is 0.854. The largest absolute Gasteiger partial charge is 0.490 e. The number of nitrogens with zero attached hydrogens (tertiary/aromatic N) is 4. The van der Waals surface area contributed by atoms with Crippen molar-refractivity contribution in [3.05, 3.63) is 6.33 Å². The highest BCUT2D eigenvalue weighted by molar-refractivity contribution is 5.64. The Labute approximate surface area is 114 Å². The van der Waals surface area contributed by atoms with Gasteiger partial charge in [-0.1, -0.05) is 0 Å². The van der Waals surface area contributed by atoms with Crippen LogP contribution in [0.2, 0.25) is 0 Å². The first-order valence-corrected chi connectivity index (χ1v) is 6.62. The third kappa shape index (κ3) is 3.07. The van der Waals surface area contributed by atoms with Crippen LogP contribution in [0.1, 0.15) is 6.42 Å². The van der Waals surface area contributed by atoms with Gasteiger partial charge in [-0.2, -0.15) is 0 Å². The Balaban J connectivity index is 2.12. The van der Waals surface area contributed by atoms with Gasteiger partial charge in [0.1, 0.15) is 6.33 Å². The third-order valence-electron chi connectivity index (χ3n) is 3.61. The summed E-state index contributed by atoms with van der Waals surface area (Å²) in [5.74, 6) is 2.96. The van der Waals surface area contributed by atoms with E-state index in [0.29, 0.717) is 11.7 Å². The minimum atomic E-state index is 0.688. The van der Waals surface area contributed by atoms with E-state index in [1.165, 1.54) is 13.0 Å². The SMILES string of the molecule is CNc1ncnc(N(C)CC2CCN(C)C2)c1OC. The standard InChI is InChI=1S/C13H23N5O/c1-14-12-11(19-4)13(16-9-15-12)18(3)8-10-5-6-17(2)7-10/h9-10H,5-8H2,1-4H3,(H,14,15,16). The van der Waals surface area contributed by atoms with E-state index in [4.69, 9.17) is 4.74 Å². The number of nitrogens with one attached hydrogen (secondary N) is 1. The van der Waals surface area contributed by atoms with E-state index in [0.717, 1.165) is 24.7 Å². The number of likely N-dealkylation sites (tertiary alicyclic amines) is 1. The number of hydrogen-bond acceptors (Lipinski definition) is 6. The first-order chi connectivity index (χ1) is 9.15. The highest BCUT2D eigenvalue weighted by atomic mass is 16.5. The molecule has 1 saturated heterocycles. The summed E-state index contributed by atoms with van der Waals surface area (Å²) < 4.78 is 5.43. The number of rotatable bonds is 5. The van der Waals surface area contributed by atoms with Gasteiger partial charge in [0.2, 0.25) is 5.75 Å². The molecule has 1 aromatic heterocycles. The van der Waals surface area contributed by atoms with Gasteiger partial charge in [-0.05, 0) is 25.9 Å². The topological polar surface area (TPSA) is 53.5 Å². The molecular formula is C13H23N5O. The van der Waals surface area contributed by atoms with Gasteiger partial charge in [-0.15, -0.1) is 0 Å². The Bertz CT molecular complexity index is 425. The van der Waals surface area contributed by atoms with Crippen molar-refractivity contribution in [2.75, 3.05) is 58.1 Å². The highest BCUT2D eigenvalue weighted by Gasteiger charge is 2.23. The number of methoxy groups -OCH3 is 1. The van der Waals surface area contributed by atoms with Crippen LogP contribution in [0, 0.1) is 5.92 Å². The van der Waals surface area contributed by atoms with E-state index in [2.05, 4.69) is 39.2 Å². The summed E-state index contributed by atoms with van der Waals surface area (Å²) in [4.78, 5) is 13.1. The Kier molecular flexibility index (Phi) is 4.42. The molecular weight excluding hydrogens is 242 g/mol. The molecule has 19 heavy (non-hydrogen) atoms. The van der Waals surface area contributed by atoms with Crippen LogP contribution in [-0.4, -0.2) is 62.8 Å². The van der Waals surface area contributed by atoms with Crippen molar-refractivity contribution < 1.29 is 4.74 Å². The normalized spacial score (nSPS) is 19.5. The third-order valence-corrected chi connectivity index (χ3v) is 3.61. The second-order valence-electron chi connectivity index (χ2n) is 5.13. The van der Waals surface area contributed by atoms with Crippen LogP contribution < -0.4 is 15.0 Å². The number of aromatic nitrogens is 2. The molecule has 2 heterocycles. The molecule has 0 amide bonds. The van der Waals surface area contributed by atoms with Gasteiger partial charge >= 0.3 is 0 Å². The minimum Gasteiger partial charge on any atom is -0.490 e. The molecule has 1 atom stereocenters. The molecule has 1 aliphatic rings. The van der Waals surface area contributed by atoms with Gasteiger partial charge in [0.05, 0.1) is 7.11 Å². The number of anilines is 2. The summed E-state index contributed by atoms with van der Waals surface area (Å²) in [5.41, 5.74) is 0. The fourth-order valence-electron chi connectivity index (χ4n) is 2.65. The van der Waals surface area contributed by atoms with Gasteiger partial charge in [0, 0.05) is 27.2 Å². The number of ether oxygens (including phenoxy) is 1. The maximum atomic E-state index is 5.43. The molecule has 0 aliphatic carbocycles. The fraction of sp³-hybridized carbons (Fsp3) is 0.692. The van der Waals surface area contributed by atoms with Gasteiger partial charge in [0.15, 0.2) is 11.6 Å². The summed E-state index contributed by atoms with van der Waals surface area (Å²) in [6.07, 6.45) is 2.81. The molecule has 1 aromatic rings. The maximum Gasteiger partial charge on any atom is 0.204 e. The van der Waals surface area contributed by atoms with E-state index in [1.807, 2.05) is 7.05 Å². The van der Waals surface area contributed by atoms with Crippen molar-refractivity contribution >= 4 is 11.6 Å². The van der Waals surface area contributed by atoms with Crippen LogP contribution in [0.25, 0.3) is 0 Å². The first kappa shape index (κ1) is 13.9. The lowest BCUT2D eigenvalue weighted by Crippen LogP contribution is -2.28. The molecule has 1 aliphatic heterocycles. The van der Waals surface area contributed by atoms with Gasteiger partial charge in [0.25, 0.3) is 0 Å². The lowest BCUT2D eigenvalue weighted by Gasteiger charge is -2.24. The molecule has 1 unspecified atom stereocenters. The Morgan fingerprint density at radius 3 is 2.89 bits per heavy atom. The smallest absolute Gasteiger partial charge is 0.204 e. The van der Waals surface area contributed by atoms with E-state index < -0.39 is 0 Å². The van der Waals surface area contributed by atoms with Crippen molar-refractivity contribution in [1.82, 2.24) is 14.9 Å². The highest BCUT2D eigenvalue weighted by Crippen LogP contribution is 2.31. The van der Waals surface area contributed by atoms with Gasteiger partial charge in [-0.3, -0.25) is 0 Å². The van der Waals surface area contributed by atoms with Crippen LogP contribution in [0.5, 0.6) is 5.75 Å². The fourth-order valence-corrected chi connectivity index (χ4v) is 2.65. The zero-order valence-electron chi connectivity index (χ0n) is 12.2. The molecule has 1 fully saturated rings. The zero-order valence-corrected chi connectivity index (χ0v) is 12.2. The Morgan fingerprint density at radius 2 is 2.32 bits per heavy atom. The molecule has 0 saturated carbocycles. The van der Waals surface area contributed by atoms with Crippen LogP contribution in [-0.2, 0) is 0 Å². The second kappa shape index (κ2) is 6.06. The molecule has 6 nitrogen and oxygen atoms in total. The van der Waals surface area contributed by atoms with Gasteiger partial charge < -0.3 is 19.9 Å². The summed E-state index contributed by atoms with van der Waals surface area (Å²) in [5, 5.41) is 3.03. The second-order valence-corrected chi connectivity index (χ2v) is 5.13. The van der Waals surface area contributed by atoms with Crippen LogP contribution >= 0.6 is 0 Å². The minimum absolute atomic E-state index is 0.688. The lowest BCUT2D eigenvalue weighted by molar-refractivity contribution is 0.393. The van der Waals surface area contributed by atoms with Crippen molar-refractivity contribution in [3.63, 3.8) is 0 Å². The molecule has 0 aromatic carbocycles. The van der Waals surface area contributed by atoms with Crippen LogP contribution in [0.4, 0.5) is 11.6 Å². The van der Waals surface area contributed by atoms with Crippen LogP contribution in [0.3, 0.4) is 0 Å². The predicted octanol–water partition coefficient (Wildman–Crippen LogP) is 0.915. The monoisotopic (exact) mass is 265 g/mol. The number of hydrogen-bond donors (Lipinski definition) is 1. The van der Waals surface area contributed by atoms with E-state index in [-0.39, 0.29) is 0 Å². The zero-order chi connectivity index (χ0) is 13.8. The summed E-state index contributed by atoms with van der Waals surface area (Å²) in [7, 11) is 7.72. The molecule has 6 heteroatoms. The summed E-state index contributed by atoms with van der Waals surface area (Å²) >= 11 is 0.